The molecule has 0 saturated carbocycles. The van der Waals surface area contributed by atoms with Crippen LogP contribution in [0.2, 0.25) is 0 Å². The highest BCUT2D eigenvalue weighted by Gasteiger charge is 2.39. The molecule has 1 fully saturated rings. The van der Waals surface area contributed by atoms with Gasteiger partial charge in [-0.1, -0.05) is 29.8 Å². The molecule has 1 saturated heterocycles. The molecule has 130 valence electrons. The highest BCUT2D eigenvalue weighted by Crippen LogP contribution is 2.28. The number of hydrogen-bond donors (Lipinski definition) is 2. The maximum absolute atomic E-state index is 12.5. The molecular weight excluding hydrogens is 334 g/mol. The average molecular weight is 355 g/mol. The molecule has 0 aliphatic carbocycles. The fraction of sp³-hybridized carbons (Fsp3) is 0.263. The Kier molecular flexibility index (Phi) is 5.28. The van der Waals surface area contributed by atoms with E-state index in [4.69, 9.17) is 0 Å². The SMILES string of the molecule is Cc1ccc(N[C@@H]2SC(=O)N(CCNc3cccc(C)c3)C2=O)cc1. The Balaban J connectivity index is 1.55. The molecule has 2 aromatic carbocycles. The second kappa shape index (κ2) is 7.61. The lowest BCUT2D eigenvalue weighted by atomic mass is 10.2. The number of nitrogens with zero attached hydrogens (tertiary/aromatic N) is 1. The number of aryl methyl sites for hydroxylation is 2. The predicted octanol–water partition coefficient (Wildman–Crippen LogP) is 3.85. The Morgan fingerprint density at radius 3 is 2.48 bits per heavy atom. The number of carbonyl (C=O) groups excluding carboxylic acids is 2. The van der Waals surface area contributed by atoms with Gasteiger partial charge in [-0.25, -0.2) is 0 Å². The van der Waals surface area contributed by atoms with Gasteiger partial charge < -0.3 is 10.6 Å². The van der Waals surface area contributed by atoms with Crippen LogP contribution in [0.15, 0.2) is 48.5 Å². The minimum Gasteiger partial charge on any atom is -0.383 e. The summed E-state index contributed by atoms with van der Waals surface area (Å²) in [5.41, 5.74) is 4.14. The van der Waals surface area contributed by atoms with E-state index in [0.29, 0.717) is 13.1 Å². The molecule has 5 nitrogen and oxygen atoms in total. The zero-order valence-electron chi connectivity index (χ0n) is 14.3. The van der Waals surface area contributed by atoms with Crippen LogP contribution in [0.4, 0.5) is 16.2 Å². The van der Waals surface area contributed by atoms with Gasteiger partial charge >= 0.3 is 0 Å². The number of rotatable bonds is 6. The van der Waals surface area contributed by atoms with E-state index in [9.17, 15) is 9.59 Å². The highest BCUT2D eigenvalue weighted by molar-refractivity contribution is 8.15. The van der Waals surface area contributed by atoms with Gasteiger partial charge in [0.2, 0.25) is 0 Å². The third-order valence-electron chi connectivity index (χ3n) is 3.96. The van der Waals surface area contributed by atoms with E-state index in [2.05, 4.69) is 10.6 Å². The van der Waals surface area contributed by atoms with Crippen LogP contribution in [-0.2, 0) is 4.79 Å². The quantitative estimate of drug-likeness (QED) is 0.824. The number of thioether (sulfide) groups is 1. The highest BCUT2D eigenvalue weighted by atomic mass is 32.2. The first-order chi connectivity index (χ1) is 12.0. The van der Waals surface area contributed by atoms with Crippen molar-refractivity contribution < 1.29 is 9.59 Å². The second-order valence-electron chi connectivity index (χ2n) is 6.06. The molecule has 2 N–H and O–H groups in total. The van der Waals surface area contributed by atoms with Crippen LogP contribution in [-0.4, -0.2) is 34.5 Å². The van der Waals surface area contributed by atoms with Crippen molar-refractivity contribution in [2.45, 2.75) is 19.2 Å². The van der Waals surface area contributed by atoms with Gasteiger partial charge in [0.15, 0.2) is 5.37 Å². The van der Waals surface area contributed by atoms with Crippen molar-refractivity contribution in [3.8, 4) is 0 Å². The number of amides is 2. The molecule has 0 spiro atoms. The van der Waals surface area contributed by atoms with Crippen molar-refractivity contribution in [1.29, 1.82) is 0 Å². The largest absolute Gasteiger partial charge is 0.383 e. The Labute approximate surface area is 151 Å². The topological polar surface area (TPSA) is 61.4 Å². The lowest BCUT2D eigenvalue weighted by molar-refractivity contribution is -0.126. The van der Waals surface area contributed by atoms with E-state index in [-0.39, 0.29) is 11.1 Å². The molecule has 2 aromatic rings. The lowest BCUT2D eigenvalue weighted by Gasteiger charge is -2.16. The molecule has 25 heavy (non-hydrogen) atoms. The fourth-order valence-corrected chi connectivity index (χ4v) is 3.54. The van der Waals surface area contributed by atoms with Crippen molar-refractivity contribution in [1.82, 2.24) is 4.90 Å². The van der Waals surface area contributed by atoms with Gasteiger partial charge in [0, 0.05) is 24.5 Å². The van der Waals surface area contributed by atoms with Gasteiger partial charge in [0.05, 0.1) is 0 Å². The number of imide groups is 1. The average Bonchev–Trinajstić information content (AvgIpc) is 2.84. The molecule has 0 unspecified atom stereocenters. The third kappa shape index (κ3) is 4.33. The first-order valence-corrected chi connectivity index (χ1v) is 9.06. The maximum Gasteiger partial charge on any atom is 0.290 e. The summed E-state index contributed by atoms with van der Waals surface area (Å²) in [5.74, 6) is -0.193. The number of anilines is 2. The zero-order valence-corrected chi connectivity index (χ0v) is 15.1. The van der Waals surface area contributed by atoms with E-state index in [1.807, 2.05) is 62.4 Å². The summed E-state index contributed by atoms with van der Waals surface area (Å²) in [6.45, 7) is 4.91. The van der Waals surface area contributed by atoms with Crippen molar-refractivity contribution in [2.75, 3.05) is 23.7 Å². The van der Waals surface area contributed by atoms with Crippen LogP contribution in [0.3, 0.4) is 0 Å². The van der Waals surface area contributed by atoms with Gasteiger partial charge in [-0.2, -0.15) is 0 Å². The molecule has 2 amide bonds. The van der Waals surface area contributed by atoms with Crippen LogP contribution in [0, 0.1) is 13.8 Å². The summed E-state index contributed by atoms with van der Waals surface area (Å²) >= 11 is 1.03. The van der Waals surface area contributed by atoms with Gasteiger partial charge in [-0.15, -0.1) is 0 Å². The Hall–Kier alpha value is -2.47. The van der Waals surface area contributed by atoms with Gasteiger partial charge in [0.25, 0.3) is 11.1 Å². The Bertz CT molecular complexity index is 776. The molecule has 1 aliphatic heterocycles. The van der Waals surface area contributed by atoms with Gasteiger partial charge in [-0.05, 0) is 55.4 Å². The normalized spacial score (nSPS) is 17.0. The van der Waals surface area contributed by atoms with Crippen molar-refractivity contribution >= 4 is 34.3 Å². The molecule has 1 heterocycles. The zero-order chi connectivity index (χ0) is 17.8. The molecule has 0 radical (unpaired) electrons. The summed E-state index contributed by atoms with van der Waals surface area (Å²) in [4.78, 5) is 25.9. The molecular formula is C19H21N3O2S. The van der Waals surface area contributed by atoms with E-state index in [1.54, 1.807) is 0 Å². The van der Waals surface area contributed by atoms with E-state index in [1.165, 1.54) is 4.90 Å². The molecule has 1 aliphatic rings. The number of hydrogen-bond acceptors (Lipinski definition) is 5. The van der Waals surface area contributed by atoms with E-state index >= 15 is 0 Å². The van der Waals surface area contributed by atoms with Crippen LogP contribution in [0.1, 0.15) is 11.1 Å². The van der Waals surface area contributed by atoms with Gasteiger partial charge in [0.1, 0.15) is 0 Å². The third-order valence-corrected chi connectivity index (χ3v) is 4.94. The van der Waals surface area contributed by atoms with Crippen LogP contribution >= 0.6 is 11.8 Å². The number of benzene rings is 2. The van der Waals surface area contributed by atoms with Crippen molar-refractivity contribution in [3.63, 3.8) is 0 Å². The van der Waals surface area contributed by atoms with Crippen molar-refractivity contribution in [3.05, 3.63) is 59.7 Å². The predicted molar refractivity (Wildman–Crippen MR) is 103 cm³/mol. The van der Waals surface area contributed by atoms with Crippen molar-refractivity contribution in [2.24, 2.45) is 0 Å². The van der Waals surface area contributed by atoms with Gasteiger partial charge in [-0.3, -0.25) is 14.5 Å². The lowest BCUT2D eigenvalue weighted by Crippen LogP contribution is -2.37. The maximum atomic E-state index is 12.5. The molecule has 0 bridgehead atoms. The Morgan fingerprint density at radius 1 is 1.00 bits per heavy atom. The summed E-state index contributed by atoms with van der Waals surface area (Å²) in [6.07, 6.45) is 0. The Morgan fingerprint density at radius 2 is 1.76 bits per heavy atom. The molecule has 6 heteroatoms. The van der Waals surface area contributed by atoms with E-state index < -0.39 is 5.37 Å². The van der Waals surface area contributed by atoms with Crippen LogP contribution in [0.5, 0.6) is 0 Å². The minimum absolute atomic E-state index is 0.193. The minimum atomic E-state index is -0.561. The standard InChI is InChI=1S/C19H21N3O2S/c1-13-6-8-15(9-7-13)21-17-18(23)22(19(24)25-17)11-10-20-16-5-3-4-14(2)12-16/h3-9,12,17,20-21H,10-11H2,1-2H3/t17-/m1/s1. The molecule has 3 rings (SSSR count). The summed E-state index contributed by atoms with van der Waals surface area (Å²) in [6, 6.07) is 15.8. The fourth-order valence-electron chi connectivity index (χ4n) is 2.61. The van der Waals surface area contributed by atoms with Crippen LogP contribution < -0.4 is 10.6 Å². The number of nitrogens with one attached hydrogen (secondary N) is 2. The van der Waals surface area contributed by atoms with Crippen LogP contribution in [0.25, 0.3) is 0 Å². The molecule has 0 aromatic heterocycles. The van der Waals surface area contributed by atoms with E-state index in [0.717, 1.165) is 34.3 Å². The first kappa shape index (κ1) is 17.4. The summed E-state index contributed by atoms with van der Waals surface area (Å²) in [7, 11) is 0. The summed E-state index contributed by atoms with van der Waals surface area (Å²) in [5, 5.41) is 5.60. The molecule has 1 atom stereocenters. The number of carbonyl (C=O) groups is 2. The smallest absolute Gasteiger partial charge is 0.290 e. The summed E-state index contributed by atoms with van der Waals surface area (Å²) < 4.78 is 0. The monoisotopic (exact) mass is 355 g/mol. The second-order valence-corrected chi connectivity index (χ2v) is 7.12. The first-order valence-electron chi connectivity index (χ1n) is 8.19.